The van der Waals surface area contributed by atoms with E-state index < -0.39 is 11.9 Å². The van der Waals surface area contributed by atoms with Gasteiger partial charge >= 0.3 is 5.97 Å². The molecule has 8 heteroatoms. The number of nitrogens with zero attached hydrogens (tertiary/aromatic N) is 2. The van der Waals surface area contributed by atoms with Gasteiger partial charge in [0.05, 0.1) is 0 Å². The fourth-order valence-corrected chi connectivity index (χ4v) is 2.51. The highest BCUT2D eigenvalue weighted by molar-refractivity contribution is 5.97. The first-order valence-corrected chi connectivity index (χ1v) is 8.09. The first-order chi connectivity index (χ1) is 11.4. The van der Waals surface area contributed by atoms with Crippen LogP contribution >= 0.6 is 0 Å². The Morgan fingerprint density at radius 2 is 1.92 bits per heavy atom. The number of primary amides is 1. The lowest BCUT2D eigenvalue weighted by Crippen LogP contribution is -2.36. The molecule has 132 valence electrons. The van der Waals surface area contributed by atoms with E-state index in [1.54, 1.807) is 0 Å². The van der Waals surface area contributed by atoms with Crippen LogP contribution in [0.25, 0.3) is 0 Å². The van der Waals surface area contributed by atoms with Crippen molar-refractivity contribution in [2.75, 3.05) is 19.6 Å². The predicted octanol–water partition coefficient (Wildman–Crippen LogP) is 0.352. The first-order valence-electron chi connectivity index (χ1n) is 8.09. The highest BCUT2D eigenvalue weighted by atomic mass is 16.4. The standard InChI is InChI=1S/C16H24N4O4/c17-10-13(11-20-8-5-12(6-9-20)15(18)23)16(24)19-7-3-1-2-4-14(21)22/h11-12H,1-9H2,(H2,18,23)(H,19,24)(H,21,22)/b13-11-. The van der Waals surface area contributed by atoms with Crippen molar-refractivity contribution in [3.63, 3.8) is 0 Å². The van der Waals surface area contributed by atoms with Crippen LogP contribution in [0, 0.1) is 17.2 Å². The third-order valence-corrected chi connectivity index (χ3v) is 3.96. The Morgan fingerprint density at radius 3 is 2.46 bits per heavy atom. The average Bonchev–Trinajstić information content (AvgIpc) is 2.55. The van der Waals surface area contributed by atoms with Crippen LogP contribution in [-0.2, 0) is 14.4 Å². The Kier molecular flexibility index (Phi) is 8.33. The van der Waals surface area contributed by atoms with Crippen molar-refractivity contribution in [2.24, 2.45) is 11.7 Å². The lowest BCUT2D eigenvalue weighted by atomic mass is 9.96. The number of carbonyl (C=O) groups excluding carboxylic acids is 2. The molecule has 0 bridgehead atoms. The number of hydrogen-bond acceptors (Lipinski definition) is 5. The predicted molar refractivity (Wildman–Crippen MR) is 86.3 cm³/mol. The van der Waals surface area contributed by atoms with Crippen molar-refractivity contribution in [1.82, 2.24) is 10.2 Å². The van der Waals surface area contributed by atoms with E-state index in [1.165, 1.54) is 6.20 Å². The molecule has 0 atom stereocenters. The summed E-state index contributed by atoms with van der Waals surface area (Å²) < 4.78 is 0. The Hall–Kier alpha value is -2.56. The SMILES string of the molecule is N#C/C(=C/N1CCC(C(N)=O)CC1)C(=O)NCCCCCC(=O)O. The lowest BCUT2D eigenvalue weighted by molar-refractivity contribution is -0.137. The fourth-order valence-electron chi connectivity index (χ4n) is 2.51. The summed E-state index contributed by atoms with van der Waals surface area (Å²) in [6, 6.07) is 1.89. The Bertz CT molecular complexity index is 531. The number of piperidine rings is 1. The minimum Gasteiger partial charge on any atom is -0.481 e. The van der Waals surface area contributed by atoms with Gasteiger partial charge in [0.1, 0.15) is 11.6 Å². The summed E-state index contributed by atoms with van der Waals surface area (Å²) in [5, 5.41) is 20.3. The zero-order chi connectivity index (χ0) is 17.9. The smallest absolute Gasteiger partial charge is 0.303 e. The lowest BCUT2D eigenvalue weighted by Gasteiger charge is -2.29. The molecule has 1 aliphatic rings. The summed E-state index contributed by atoms with van der Waals surface area (Å²) in [6.45, 7) is 1.57. The quantitative estimate of drug-likeness (QED) is 0.316. The van der Waals surface area contributed by atoms with E-state index in [0.29, 0.717) is 51.7 Å². The zero-order valence-corrected chi connectivity index (χ0v) is 13.7. The number of carboxylic acids is 1. The summed E-state index contributed by atoms with van der Waals surface area (Å²) >= 11 is 0. The number of hydrogen-bond donors (Lipinski definition) is 3. The van der Waals surface area contributed by atoms with E-state index in [-0.39, 0.29) is 23.8 Å². The minimum absolute atomic E-state index is 0.0260. The maximum Gasteiger partial charge on any atom is 0.303 e. The van der Waals surface area contributed by atoms with Gasteiger partial charge < -0.3 is 21.1 Å². The van der Waals surface area contributed by atoms with Gasteiger partial charge in [-0.15, -0.1) is 0 Å². The molecule has 0 aliphatic carbocycles. The maximum absolute atomic E-state index is 12.0. The molecule has 1 heterocycles. The zero-order valence-electron chi connectivity index (χ0n) is 13.7. The van der Waals surface area contributed by atoms with Gasteiger partial charge in [0.2, 0.25) is 5.91 Å². The van der Waals surface area contributed by atoms with Crippen LogP contribution in [0.3, 0.4) is 0 Å². The summed E-state index contributed by atoms with van der Waals surface area (Å²) in [6.07, 6.45) is 4.84. The van der Waals surface area contributed by atoms with Crippen LogP contribution in [0.5, 0.6) is 0 Å². The number of carboxylic acid groups (broad SMARTS) is 1. The van der Waals surface area contributed by atoms with Gasteiger partial charge in [-0.3, -0.25) is 14.4 Å². The largest absolute Gasteiger partial charge is 0.481 e. The molecular formula is C16H24N4O4. The van der Waals surface area contributed by atoms with E-state index in [1.807, 2.05) is 11.0 Å². The summed E-state index contributed by atoms with van der Waals surface area (Å²) in [4.78, 5) is 35.3. The number of unbranched alkanes of at least 4 members (excludes halogenated alkanes) is 2. The number of likely N-dealkylation sites (tertiary alicyclic amines) is 1. The average molecular weight is 336 g/mol. The van der Waals surface area contributed by atoms with Gasteiger partial charge in [0.15, 0.2) is 0 Å². The van der Waals surface area contributed by atoms with Crippen LogP contribution in [0.15, 0.2) is 11.8 Å². The Labute approximate surface area is 141 Å². The van der Waals surface area contributed by atoms with Crippen molar-refractivity contribution in [3.05, 3.63) is 11.8 Å². The molecule has 2 amide bonds. The third-order valence-electron chi connectivity index (χ3n) is 3.96. The van der Waals surface area contributed by atoms with E-state index in [0.717, 1.165) is 0 Å². The third kappa shape index (κ3) is 7.13. The number of aliphatic carboxylic acids is 1. The second kappa shape index (κ2) is 10.3. The van der Waals surface area contributed by atoms with Gasteiger partial charge in [0, 0.05) is 38.2 Å². The molecule has 0 saturated carbocycles. The van der Waals surface area contributed by atoms with Gasteiger partial charge in [-0.05, 0) is 25.7 Å². The van der Waals surface area contributed by atoms with Crippen molar-refractivity contribution >= 4 is 17.8 Å². The molecule has 0 aromatic carbocycles. The molecule has 1 fully saturated rings. The molecule has 24 heavy (non-hydrogen) atoms. The van der Waals surface area contributed by atoms with Gasteiger partial charge in [-0.25, -0.2) is 0 Å². The van der Waals surface area contributed by atoms with Crippen LogP contribution in [-0.4, -0.2) is 47.4 Å². The van der Waals surface area contributed by atoms with Gasteiger partial charge in [0.25, 0.3) is 5.91 Å². The van der Waals surface area contributed by atoms with Crippen molar-refractivity contribution in [3.8, 4) is 6.07 Å². The highest BCUT2D eigenvalue weighted by Crippen LogP contribution is 2.17. The summed E-state index contributed by atoms with van der Waals surface area (Å²) in [5.41, 5.74) is 5.30. The number of nitrogens with two attached hydrogens (primary N) is 1. The summed E-state index contributed by atoms with van der Waals surface area (Å²) in [7, 11) is 0. The monoisotopic (exact) mass is 336 g/mol. The molecule has 1 rings (SSSR count). The Morgan fingerprint density at radius 1 is 1.25 bits per heavy atom. The van der Waals surface area contributed by atoms with Crippen LogP contribution in [0.4, 0.5) is 0 Å². The molecule has 0 spiro atoms. The van der Waals surface area contributed by atoms with Crippen molar-refractivity contribution < 1.29 is 19.5 Å². The highest BCUT2D eigenvalue weighted by Gasteiger charge is 2.22. The molecule has 4 N–H and O–H groups in total. The normalized spacial score (nSPS) is 15.6. The van der Waals surface area contributed by atoms with Crippen LogP contribution < -0.4 is 11.1 Å². The van der Waals surface area contributed by atoms with Gasteiger partial charge in [-0.2, -0.15) is 5.26 Å². The van der Waals surface area contributed by atoms with Crippen molar-refractivity contribution in [2.45, 2.75) is 38.5 Å². The number of amides is 2. The maximum atomic E-state index is 12.0. The molecule has 8 nitrogen and oxygen atoms in total. The van der Waals surface area contributed by atoms with Crippen molar-refractivity contribution in [1.29, 1.82) is 5.26 Å². The number of rotatable bonds is 9. The molecule has 0 unspecified atom stereocenters. The fraction of sp³-hybridized carbons (Fsp3) is 0.625. The number of nitrogens with one attached hydrogen (secondary N) is 1. The minimum atomic E-state index is -0.825. The second-order valence-corrected chi connectivity index (χ2v) is 5.83. The van der Waals surface area contributed by atoms with Crippen LogP contribution in [0.1, 0.15) is 38.5 Å². The molecule has 0 aromatic rings. The Balaban J connectivity index is 2.34. The molecule has 1 saturated heterocycles. The van der Waals surface area contributed by atoms with E-state index in [9.17, 15) is 14.4 Å². The molecule has 0 aromatic heterocycles. The van der Waals surface area contributed by atoms with Crippen LogP contribution in [0.2, 0.25) is 0 Å². The first kappa shape index (κ1) is 19.5. The summed E-state index contributed by atoms with van der Waals surface area (Å²) in [5.74, 6) is -1.71. The molecule has 0 radical (unpaired) electrons. The molecule has 1 aliphatic heterocycles. The molecular weight excluding hydrogens is 312 g/mol. The topological polar surface area (TPSA) is 137 Å². The van der Waals surface area contributed by atoms with E-state index >= 15 is 0 Å². The second-order valence-electron chi connectivity index (χ2n) is 5.83. The number of nitriles is 1. The van der Waals surface area contributed by atoms with E-state index in [4.69, 9.17) is 16.1 Å². The van der Waals surface area contributed by atoms with Gasteiger partial charge in [-0.1, -0.05) is 6.42 Å². The number of carbonyl (C=O) groups is 3. The van der Waals surface area contributed by atoms with E-state index in [2.05, 4.69) is 5.32 Å².